The third-order valence-corrected chi connectivity index (χ3v) is 3.26. The molecule has 140 valence electrons. The average molecular weight is 371 g/mol. The van der Waals surface area contributed by atoms with Gasteiger partial charge in [-0.3, -0.25) is 19.1 Å². The molecule has 2 N–H and O–H groups in total. The van der Waals surface area contributed by atoms with E-state index in [1.165, 1.54) is 6.20 Å². The van der Waals surface area contributed by atoms with Crippen LogP contribution in [0.5, 0.6) is 0 Å². The summed E-state index contributed by atoms with van der Waals surface area (Å²) in [7, 11) is 0. The molecule has 0 atom stereocenters. The van der Waals surface area contributed by atoms with Crippen LogP contribution in [-0.2, 0) is 29.2 Å². The molecule has 0 aliphatic carbocycles. The third kappa shape index (κ3) is 6.55. The van der Waals surface area contributed by atoms with Crippen LogP contribution in [0.2, 0.25) is 0 Å². The van der Waals surface area contributed by atoms with E-state index in [0.717, 1.165) is 16.2 Å². The third-order valence-electron chi connectivity index (χ3n) is 3.26. The van der Waals surface area contributed by atoms with Gasteiger partial charge in [0.15, 0.2) is 0 Å². The standard InChI is InChI=1S/C16H16F3N3O4/c17-16(18,19)10-26-9-12-3-1-11(2-4-12)7-20-14(24)8-22-6-5-13(23)21-15(22)25/h1-6H,7-10H2,(H,20,24)(H,21,23,25). The summed E-state index contributed by atoms with van der Waals surface area (Å²) in [4.78, 5) is 36.3. The molecule has 0 aliphatic heterocycles. The van der Waals surface area contributed by atoms with E-state index in [-0.39, 0.29) is 19.7 Å². The van der Waals surface area contributed by atoms with Crippen LogP contribution in [0.3, 0.4) is 0 Å². The average Bonchev–Trinajstić information content (AvgIpc) is 2.55. The second-order valence-electron chi connectivity index (χ2n) is 5.44. The van der Waals surface area contributed by atoms with Crippen molar-refractivity contribution in [3.63, 3.8) is 0 Å². The number of aromatic amines is 1. The van der Waals surface area contributed by atoms with E-state index in [2.05, 4.69) is 10.1 Å². The van der Waals surface area contributed by atoms with Gasteiger partial charge in [0.05, 0.1) is 6.61 Å². The molecule has 0 radical (unpaired) electrons. The first-order valence-corrected chi connectivity index (χ1v) is 7.52. The van der Waals surface area contributed by atoms with Gasteiger partial charge in [-0.05, 0) is 11.1 Å². The lowest BCUT2D eigenvalue weighted by Crippen LogP contribution is -2.35. The number of benzene rings is 1. The Morgan fingerprint density at radius 2 is 1.77 bits per heavy atom. The van der Waals surface area contributed by atoms with E-state index in [1.54, 1.807) is 24.3 Å². The second-order valence-corrected chi connectivity index (χ2v) is 5.44. The van der Waals surface area contributed by atoms with Gasteiger partial charge in [-0.15, -0.1) is 0 Å². The topological polar surface area (TPSA) is 93.2 Å². The summed E-state index contributed by atoms with van der Waals surface area (Å²) in [6.07, 6.45) is -3.14. The van der Waals surface area contributed by atoms with Gasteiger partial charge in [0, 0.05) is 18.8 Å². The first kappa shape index (κ1) is 19.4. The maximum absolute atomic E-state index is 12.0. The second kappa shape index (κ2) is 8.48. The zero-order valence-electron chi connectivity index (χ0n) is 13.5. The fourth-order valence-corrected chi connectivity index (χ4v) is 2.02. The van der Waals surface area contributed by atoms with Crippen LogP contribution in [0.15, 0.2) is 46.1 Å². The number of halogens is 3. The van der Waals surface area contributed by atoms with Gasteiger partial charge in [0.1, 0.15) is 13.2 Å². The molecule has 0 fully saturated rings. The molecule has 1 amide bonds. The molecule has 7 nitrogen and oxygen atoms in total. The summed E-state index contributed by atoms with van der Waals surface area (Å²) in [6.45, 7) is -1.55. The van der Waals surface area contributed by atoms with E-state index in [4.69, 9.17) is 0 Å². The summed E-state index contributed by atoms with van der Waals surface area (Å²) in [5, 5.41) is 2.60. The van der Waals surface area contributed by atoms with Gasteiger partial charge >= 0.3 is 11.9 Å². The zero-order chi connectivity index (χ0) is 19.2. The van der Waals surface area contributed by atoms with Crippen LogP contribution in [0.1, 0.15) is 11.1 Å². The van der Waals surface area contributed by atoms with Gasteiger partial charge in [0.2, 0.25) is 5.91 Å². The van der Waals surface area contributed by atoms with E-state index in [1.807, 2.05) is 4.98 Å². The van der Waals surface area contributed by atoms with Gasteiger partial charge < -0.3 is 10.1 Å². The van der Waals surface area contributed by atoms with E-state index >= 15 is 0 Å². The largest absolute Gasteiger partial charge is 0.411 e. The highest BCUT2D eigenvalue weighted by Gasteiger charge is 2.27. The Bertz CT molecular complexity index is 857. The lowest BCUT2D eigenvalue weighted by molar-refractivity contribution is -0.176. The fraction of sp³-hybridized carbons (Fsp3) is 0.312. The molecule has 2 aromatic rings. The Kier molecular flexibility index (Phi) is 6.34. The van der Waals surface area contributed by atoms with Crippen molar-refractivity contribution in [2.75, 3.05) is 6.61 Å². The number of hydrogen-bond donors (Lipinski definition) is 2. The maximum Gasteiger partial charge on any atom is 0.411 e. The van der Waals surface area contributed by atoms with Crippen LogP contribution in [-0.4, -0.2) is 28.2 Å². The Morgan fingerprint density at radius 1 is 1.12 bits per heavy atom. The van der Waals surface area contributed by atoms with Crippen molar-refractivity contribution in [3.05, 3.63) is 68.5 Å². The number of aromatic nitrogens is 2. The first-order valence-electron chi connectivity index (χ1n) is 7.52. The Balaban J connectivity index is 1.81. The molecular weight excluding hydrogens is 355 g/mol. The highest BCUT2D eigenvalue weighted by Crippen LogP contribution is 2.15. The lowest BCUT2D eigenvalue weighted by Gasteiger charge is -2.09. The minimum atomic E-state index is -4.36. The number of nitrogens with one attached hydrogen (secondary N) is 2. The quantitative estimate of drug-likeness (QED) is 0.757. The van der Waals surface area contributed by atoms with Crippen LogP contribution in [0.25, 0.3) is 0 Å². The summed E-state index contributed by atoms with van der Waals surface area (Å²) < 4.78 is 41.6. The predicted molar refractivity (Wildman–Crippen MR) is 85.3 cm³/mol. The summed E-state index contributed by atoms with van der Waals surface area (Å²) in [5.74, 6) is -0.434. The first-order chi connectivity index (χ1) is 12.2. The molecule has 10 heteroatoms. The number of carbonyl (C=O) groups is 1. The molecule has 0 aliphatic rings. The Labute approximate surface area is 145 Å². The maximum atomic E-state index is 12.0. The highest BCUT2D eigenvalue weighted by molar-refractivity contribution is 5.75. The van der Waals surface area contributed by atoms with Gasteiger partial charge in [0.25, 0.3) is 5.56 Å². The normalized spacial score (nSPS) is 11.3. The van der Waals surface area contributed by atoms with E-state index < -0.39 is 29.9 Å². The van der Waals surface area contributed by atoms with Gasteiger partial charge in [-0.2, -0.15) is 13.2 Å². The van der Waals surface area contributed by atoms with E-state index in [0.29, 0.717) is 5.56 Å². The molecule has 26 heavy (non-hydrogen) atoms. The van der Waals surface area contributed by atoms with Crippen molar-refractivity contribution in [2.45, 2.75) is 25.9 Å². The zero-order valence-corrected chi connectivity index (χ0v) is 13.5. The number of alkyl halides is 3. The summed E-state index contributed by atoms with van der Waals surface area (Å²) in [5.41, 5.74) is 0.0673. The minimum absolute atomic E-state index is 0.165. The summed E-state index contributed by atoms with van der Waals surface area (Å²) in [6, 6.07) is 7.64. The number of H-pyrrole nitrogens is 1. The van der Waals surface area contributed by atoms with Crippen molar-refractivity contribution < 1.29 is 22.7 Å². The van der Waals surface area contributed by atoms with Crippen molar-refractivity contribution >= 4 is 5.91 Å². The molecule has 1 heterocycles. The van der Waals surface area contributed by atoms with Crippen molar-refractivity contribution in [1.82, 2.24) is 14.9 Å². The molecule has 0 spiro atoms. The van der Waals surface area contributed by atoms with Gasteiger partial charge in [-0.1, -0.05) is 24.3 Å². The number of carbonyl (C=O) groups excluding carboxylic acids is 1. The number of ether oxygens (including phenoxy) is 1. The van der Waals surface area contributed by atoms with Crippen molar-refractivity contribution in [1.29, 1.82) is 0 Å². The van der Waals surface area contributed by atoms with Crippen LogP contribution in [0, 0.1) is 0 Å². The number of hydrogen-bond acceptors (Lipinski definition) is 4. The number of amides is 1. The van der Waals surface area contributed by atoms with Crippen molar-refractivity contribution in [2.24, 2.45) is 0 Å². The molecule has 2 rings (SSSR count). The smallest absolute Gasteiger partial charge is 0.367 e. The van der Waals surface area contributed by atoms with Crippen LogP contribution in [0.4, 0.5) is 13.2 Å². The lowest BCUT2D eigenvalue weighted by atomic mass is 10.1. The molecular formula is C16H16F3N3O4. The Hall–Kier alpha value is -2.88. The van der Waals surface area contributed by atoms with Crippen LogP contribution >= 0.6 is 0 Å². The molecule has 1 aromatic carbocycles. The highest BCUT2D eigenvalue weighted by atomic mass is 19.4. The Morgan fingerprint density at radius 3 is 2.38 bits per heavy atom. The summed E-state index contributed by atoms with van der Waals surface area (Å²) >= 11 is 0. The van der Waals surface area contributed by atoms with Crippen molar-refractivity contribution in [3.8, 4) is 0 Å². The van der Waals surface area contributed by atoms with Crippen LogP contribution < -0.4 is 16.6 Å². The fourth-order valence-electron chi connectivity index (χ4n) is 2.02. The van der Waals surface area contributed by atoms with E-state index in [9.17, 15) is 27.6 Å². The molecule has 0 unspecified atom stereocenters. The molecule has 0 bridgehead atoms. The SMILES string of the molecule is O=C(Cn1ccc(=O)[nH]c1=O)NCc1ccc(COCC(F)(F)F)cc1. The number of rotatable bonds is 7. The number of nitrogens with zero attached hydrogens (tertiary/aromatic N) is 1. The molecule has 0 saturated heterocycles. The predicted octanol–water partition coefficient (Wildman–Crippen LogP) is 0.932. The molecule has 0 saturated carbocycles. The minimum Gasteiger partial charge on any atom is -0.367 e. The van der Waals surface area contributed by atoms with Gasteiger partial charge in [-0.25, -0.2) is 4.79 Å². The molecule has 1 aromatic heterocycles. The monoisotopic (exact) mass is 371 g/mol.